The van der Waals surface area contributed by atoms with Crippen molar-refractivity contribution in [2.45, 2.75) is 31.9 Å². The van der Waals surface area contributed by atoms with Crippen LogP contribution >= 0.6 is 0 Å². The highest BCUT2D eigenvalue weighted by atomic mass is 16.6. The summed E-state index contributed by atoms with van der Waals surface area (Å²) in [7, 11) is 1.58. The summed E-state index contributed by atoms with van der Waals surface area (Å²) in [4.78, 5) is 23.2. The van der Waals surface area contributed by atoms with E-state index in [-0.39, 0.29) is 17.4 Å². The lowest BCUT2D eigenvalue weighted by Crippen LogP contribution is -2.50. The molecular formula is C14H19N3O4. The van der Waals surface area contributed by atoms with Crippen LogP contribution in [0.5, 0.6) is 0 Å². The summed E-state index contributed by atoms with van der Waals surface area (Å²) in [6.07, 6.45) is 0.548. The first-order valence-corrected chi connectivity index (χ1v) is 6.78. The fourth-order valence-corrected chi connectivity index (χ4v) is 2.45. The topological polar surface area (TPSA) is 93.5 Å². The van der Waals surface area contributed by atoms with E-state index in [0.29, 0.717) is 18.7 Å². The van der Waals surface area contributed by atoms with E-state index in [1.54, 1.807) is 19.2 Å². The van der Waals surface area contributed by atoms with Gasteiger partial charge in [0.15, 0.2) is 0 Å². The normalized spacial score (nSPS) is 24.6. The number of carbonyl (C=O) groups excluding carboxylic acids is 1. The van der Waals surface area contributed by atoms with Crippen molar-refractivity contribution in [3.05, 3.63) is 33.9 Å². The predicted molar refractivity (Wildman–Crippen MR) is 78.5 cm³/mol. The summed E-state index contributed by atoms with van der Waals surface area (Å²) in [6.45, 7) is 4.33. The number of nitrogens with one attached hydrogen (secondary N) is 2. The van der Waals surface area contributed by atoms with Gasteiger partial charge in [0.2, 0.25) is 0 Å². The van der Waals surface area contributed by atoms with E-state index < -0.39 is 16.4 Å². The minimum absolute atomic E-state index is 0.0483. The Kier molecular flexibility index (Phi) is 4.13. The Morgan fingerprint density at radius 3 is 2.76 bits per heavy atom. The summed E-state index contributed by atoms with van der Waals surface area (Å²) in [5.41, 5.74) is -0.367. The number of benzene rings is 1. The van der Waals surface area contributed by atoms with E-state index in [9.17, 15) is 14.9 Å². The lowest BCUT2D eigenvalue weighted by atomic mass is 9.94. The van der Waals surface area contributed by atoms with Crippen LogP contribution in [0.2, 0.25) is 0 Å². The molecule has 0 spiro atoms. The number of carbonyl (C=O) groups is 1. The summed E-state index contributed by atoms with van der Waals surface area (Å²) in [5, 5.41) is 16.9. The third kappa shape index (κ3) is 2.82. The second kappa shape index (κ2) is 5.69. The molecule has 0 radical (unpaired) electrons. The maximum absolute atomic E-state index is 12.4. The number of hydrogen-bond acceptors (Lipinski definition) is 5. The Hall–Kier alpha value is -2.15. The molecule has 1 aromatic rings. The first kappa shape index (κ1) is 15.2. The van der Waals surface area contributed by atoms with Crippen molar-refractivity contribution >= 4 is 17.3 Å². The standard InChI is InChI=1S/C14H19N3O4/c1-9-14(2,7-8-21-9)16-13(18)10-5-4-6-11(15-3)12(10)17(19)20/h4-6,9,15H,7-8H2,1-3H3,(H,16,18). The number of nitro groups is 1. The van der Waals surface area contributed by atoms with Crippen LogP contribution in [0.3, 0.4) is 0 Å². The first-order valence-electron chi connectivity index (χ1n) is 6.78. The number of ether oxygens (including phenoxy) is 1. The second-order valence-electron chi connectivity index (χ2n) is 5.34. The molecular weight excluding hydrogens is 274 g/mol. The third-order valence-electron chi connectivity index (χ3n) is 4.02. The average Bonchev–Trinajstić information content (AvgIpc) is 2.77. The van der Waals surface area contributed by atoms with Gasteiger partial charge in [0, 0.05) is 13.7 Å². The number of anilines is 1. The molecule has 114 valence electrons. The van der Waals surface area contributed by atoms with Crippen molar-refractivity contribution < 1.29 is 14.5 Å². The van der Waals surface area contributed by atoms with Gasteiger partial charge in [-0.2, -0.15) is 0 Å². The molecule has 1 saturated heterocycles. The minimum Gasteiger partial charge on any atom is -0.383 e. The van der Waals surface area contributed by atoms with Crippen molar-refractivity contribution in [1.82, 2.24) is 5.32 Å². The molecule has 1 aliphatic rings. The lowest BCUT2D eigenvalue weighted by molar-refractivity contribution is -0.384. The van der Waals surface area contributed by atoms with Crippen LogP contribution in [0.4, 0.5) is 11.4 Å². The lowest BCUT2D eigenvalue weighted by Gasteiger charge is -2.28. The molecule has 2 rings (SSSR count). The van der Waals surface area contributed by atoms with E-state index in [0.717, 1.165) is 0 Å². The van der Waals surface area contributed by atoms with Gasteiger partial charge >= 0.3 is 5.69 Å². The maximum atomic E-state index is 12.4. The molecule has 21 heavy (non-hydrogen) atoms. The van der Waals surface area contributed by atoms with Gasteiger partial charge in [0.25, 0.3) is 5.91 Å². The number of para-hydroxylation sites is 1. The quantitative estimate of drug-likeness (QED) is 0.653. The molecule has 1 amide bonds. The molecule has 1 aliphatic heterocycles. The van der Waals surface area contributed by atoms with Crippen LogP contribution in [-0.2, 0) is 4.74 Å². The number of nitro benzene ring substituents is 1. The van der Waals surface area contributed by atoms with Gasteiger partial charge in [0.05, 0.1) is 16.6 Å². The number of hydrogen-bond donors (Lipinski definition) is 2. The second-order valence-corrected chi connectivity index (χ2v) is 5.34. The summed E-state index contributed by atoms with van der Waals surface area (Å²) < 4.78 is 5.47. The van der Waals surface area contributed by atoms with E-state index >= 15 is 0 Å². The van der Waals surface area contributed by atoms with Crippen LogP contribution in [0.25, 0.3) is 0 Å². The number of amides is 1. The van der Waals surface area contributed by atoms with E-state index in [1.807, 2.05) is 13.8 Å². The third-order valence-corrected chi connectivity index (χ3v) is 4.02. The van der Waals surface area contributed by atoms with Crippen molar-refractivity contribution in [2.75, 3.05) is 19.0 Å². The van der Waals surface area contributed by atoms with Crippen molar-refractivity contribution in [3.8, 4) is 0 Å². The molecule has 2 atom stereocenters. The smallest absolute Gasteiger partial charge is 0.305 e. The maximum Gasteiger partial charge on any atom is 0.305 e. The van der Waals surface area contributed by atoms with Gasteiger partial charge < -0.3 is 15.4 Å². The monoisotopic (exact) mass is 293 g/mol. The highest BCUT2D eigenvalue weighted by Gasteiger charge is 2.39. The van der Waals surface area contributed by atoms with Crippen LogP contribution in [0, 0.1) is 10.1 Å². The minimum atomic E-state index is -0.544. The summed E-state index contributed by atoms with van der Waals surface area (Å²) in [5.74, 6) is -0.460. The Bertz CT molecular complexity index is 575. The molecule has 0 aromatic heterocycles. The van der Waals surface area contributed by atoms with E-state index in [2.05, 4.69) is 10.6 Å². The summed E-state index contributed by atoms with van der Waals surface area (Å²) >= 11 is 0. The van der Waals surface area contributed by atoms with Gasteiger partial charge in [-0.3, -0.25) is 14.9 Å². The zero-order valence-corrected chi connectivity index (χ0v) is 12.3. The molecule has 7 nitrogen and oxygen atoms in total. The number of rotatable bonds is 4. The van der Waals surface area contributed by atoms with Gasteiger partial charge in [-0.1, -0.05) is 6.07 Å². The summed E-state index contributed by atoms with van der Waals surface area (Å²) in [6, 6.07) is 4.64. The molecule has 1 aromatic carbocycles. The zero-order valence-electron chi connectivity index (χ0n) is 12.3. The molecule has 0 bridgehead atoms. The molecule has 7 heteroatoms. The van der Waals surface area contributed by atoms with Crippen LogP contribution in [0.1, 0.15) is 30.6 Å². The van der Waals surface area contributed by atoms with Crippen molar-refractivity contribution in [2.24, 2.45) is 0 Å². The van der Waals surface area contributed by atoms with Gasteiger partial charge in [-0.15, -0.1) is 0 Å². The molecule has 0 saturated carbocycles. The first-order chi connectivity index (χ1) is 9.89. The van der Waals surface area contributed by atoms with Gasteiger partial charge in [0.1, 0.15) is 11.3 Å². The Balaban J connectivity index is 2.33. The highest BCUT2D eigenvalue weighted by molar-refractivity contribution is 6.00. The Morgan fingerprint density at radius 1 is 1.52 bits per heavy atom. The number of nitrogens with zero attached hydrogens (tertiary/aromatic N) is 1. The largest absolute Gasteiger partial charge is 0.383 e. The van der Waals surface area contributed by atoms with Crippen LogP contribution < -0.4 is 10.6 Å². The highest BCUT2D eigenvalue weighted by Crippen LogP contribution is 2.30. The Labute approximate surface area is 122 Å². The van der Waals surface area contributed by atoms with Crippen LogP contribution in [-0.4, -0.2) is 36.1 Å². The van der Waals surface area contributed by atoms with E-state index in [4.69, 9.17) is 4.74 Å². The molecule has 1 heterocycles. The zero-order chi connectivity index (χ0) is 15.6. The fraction of sp³-hybridized carbons (Fsp3) is 0.500. The Morgan fingerprint density at radius 2 is 2.24 bits per heavy atom. The molecule has 1 fully saturated rings. The van der Waals surface area contributed by atoms with Crippen molar-refractivity contribution in [3.63, 3.8) is 0 Å². The molecule has 2 N–H and O–H groups in total. The average molecular weight is 293 g/mol. The fourth-order valence-electron chi connectivity index (χ4n) is 2.45. The van der Waals surface area contributed by atoms with Crippen molar-refractivity contribution in [1.29, 1.82) is 0 Å². The molecule has 0 aliphatic carbocycles. The molecule has 2 unspecified atom stereocenters. The van der Waals surface area contributed by atoms with Crippen LogP contribution in [0.15, 0.2) is 18.2 Å². The van der Waals surface area contributed by atoms with E-state index in [1.165, 1.54) is 6.07 Å². The SMILES string of the molecule is CNc1cccc(C(=O)NC2(C)CCOC2C)c1[N+](=O)[O-]. The predicted octanol–water partition coefficient (Wildman–Crippen LogP) is 1.93. The van der Waals surface area contributed by atoms with Gasteiger partial charge in [-0.05, 0) is 32.4 Å². The van der Waals surface area contributed by atoms with Gasteiger partial charge in [-0.25, -0.2) is 0 Å².